The molecule has 4 rings (SSSR count). The van der Waals surface area contributed by atoms with Gasteiger partial charge in [0, 0.05) is 5.56 Å². The van der Waals surface area contributed by atoms with E-state index in [1.165, 1.54) is 18.5 Å². The molecule has 36 heavy (non-hydrogen) atoms. The minimum Gasteiger partial charge on any atom is -0.424 e. The Morgan fingerprint density at radius 1 is 0.944 bits per heavy atom. The Labute approximate surface area is 206 Å². The van der Waals surface area contributed by atoms with E-state index in [1.54, 1.807) is 24.3 Å². The smallest absolute Gasteiger partial charge is 0.416 e. The maximum atomic E-state index is 13.5. The van der Waals surface area contributed by atoms with Crippen molar-refractivity contribution < 1.29 is 27.1 Å². The first kappa shape index (κ1) is 24.7. The average Bonchev–Trinajstić information content (AvgIpc) is 2.83. The molecule has 0 aliphatic heterocycles. The third-order valence-corrected chi connectivity index (χ3v) is 5.00. The molecule has 13 heteroatoms. The van der Waals surface area contributed by atoms with Crippen molar-refractivity contribution in [3.05, 3.63) is 83.5 Å². The normalized spacial score (nSPS) is 11.1. The standard InChI is InChI=1S/C23H15ClF4N6O2/c24-18-7-13(23(26,27)28)3-6-19(18)34-21(35)33-15-10-31-22(32-11-15)36-16-4-1-12(2-5-16)17-8-14(25)9-30-20(17)29/h1-11H,(H2,29,30)(H2,33,34,35). The van der Waals surface area contributed by atoms with Crippen LogP contribution in [0.4, 0.5) is 39.5 Å². The molecule has 0 saturated carbocycles. The lowest BCUT2D eigenvalue weighted by Crippen LogP contribution is -2.20. The van der Waals surface area contributed by atoms with Gasteiger partial charge >= 0.3 is 18.2 Å². The van der Waals surface area contributed by atoms with Crippen molar-refractivity contribution >= 4 is 34.8 Å². The summed E-state index contributed by atoms with van der Waals surface area (Å²) < 4.78 is 57.2. The average molecular weight is 519 g/mol. The molecule has 0 bridgehead atoms. The molecule has 0 radical (unpaired) electrons. The van der Waals surface area contributed by atoms with E-state index in [0.717, 1.165) is 18.3 Å². The largest absolute Gasteiger partial charge is 0.424 e. The minimum absolute atomic E-state index is 0.0118. The Morgan fingerprint density at radius 2 is 1.64 bits per heavy atom. The minimum atomic E-state index is -4.56. The number of amides is 2. The van der Waals surface area contributed by atoms with E-state index >= 15 is 0 Å². The number of aromatic nitrogens is 3. The topological polar surface area (TPSA) is 115 Å². The Balaban J connectivity index is 1.36. The van der Waals surface area contributed by atoms with Crippen LogP contribution in [0.25, 0.3) is 11.1 Å². The third kappa shape index (κ3) is 5.96. The fourth-order valence-corrected chi connectivity index (χ4v) is 3.23. The highest BCUT2D eigenvalue weighted by Gasteiger charge is 2.31. The zero-order valence-electron chi connectivity index (χ0n) is 18.0. The molecule has 2 aromatic carbocycles. The second kappa shape index (κ2) is 10.0. The van der Waals surface area contributed by atoms with E-state index in [0.29, 0.717) is 22.9 Å². The van der Waals surface area contributed by atoms with Gasteiger partial charge in [-0.25, -0.2) is 24.1 Å². The lowest BCUT2D eigenvalue weighted by molar-refractivity contribution is -0.137. The number of nitrogens with one attached hydrogen (secondary N) is 2. The van der Waals surface area contributed by atoms with Crippen molar-refractivity contribution in [3.8, 4) is 22.9 Å². The number of halogens is 5. The number of rotatable bonds is 5. The molecule has 4 aromatic rings. The van der Waals surface area contributed by atoms with Crippen LogP contribution in [0.5, 0.6) is 11.8 Å². The molecule has 2 aromatic heterocycles. The van der Waals surface area contributed by atoms with Crippen LogP contribution in [0.15, 0.2) is 67.1 Å². The van der Waals surface area contributed by atoms with Crippen LogP contribution < -0.4 is 21.1 Å². The lowest BCUT2D eigenvalue weighted by atomic mass is 10.1. The highest BCUT2D eigenvalue weighted by atomic mass is 35.5. The number of nitrogens with two attached hydrogens (primary N) is 1. The molecular formula is C23H15ClF4N6O2. The first-order valence-electron chi connectivity index (χ1n) is 10.0. The van der Waals surface area contributed by atoms with Gasteiger partial charge < -0.3 is 21.1 Å². The summed E-state index contributed by atoms with van der Waals surface area (Å²) in [5, 5.41) is 4.50. The van der Waals surface area contributed by atoms with Gasteiger partial charge in [0.25, 0.3) is 0 Å². The van der Waals surface area contributed by atoms with E-state index in [9.17, 15) is 22.4 Å². The van der Waals surface area contributed by atoms with Gasteiger partial charge in [-0.3, -0.25) is 0 Å². The summed E-state index contributed by atoms with van der Waals surface area (Å²) in [4.78, 5) is 23.9. The van der Waals surface area contributed by atoms with Crippen LogP contribution in [0.3, 0.4) is 0 Å². The highest BCUT2D eigenvalue weighted by molar-refractivity contribution is 6.33. The zero-order valence-corrected chi connectivity index (χ0v) is 18.7. The molecule has 0 unspecified atom stereocenters. The molecule has 2 amide bonds. The van der Waals surface area contributed by atoms with Crippen molar-refractivity contribution in [1.29, 1.82) is 0 Å². The molecule has 2 heterocycles. The molecule has 4 N–H and O–H groups in total. The number of hydrogen-bond donors (Lipinski definition) is 3. The molecule has 0 aliphatic rings. The van der Waals surface area contributed by atoms with Crippen LogP contribution in [-0.4, -0.2) is 21.0 Å². The van der Waals surface area contributed by atoms with E-state index in [-0.39, 0.29) is 28.2 Å². The number of carbonyl (C=O) groups excluding carboxylic acids is 1. The number of hydrogen-bond acceptors (Lipinski definition) is 6. The number of anilines is 3. The van der Waals surface area contributed by atoms with Gasteiger partial charge in [-0.05, 0) is 42.0 Å². The summed E-state index contributed by atoms with van der Waals surface area (Å²) in [6, 6.07) is 9.58. The van der Waals surface area contributed by atoms with Gasteiger partial charge in [-0.2, -0.15) is 13.2 Å². The van der Waals surface area contributed by atoms with Crippen LogP contribution in [0.1, 0.15) is 5.56 Å². The highest BCUT2D eigenvalue weighted by Crippen LogP contribution is 2.34. The SMILES string of the molecule is Nc1ncc(F)cc1-c1ccc(Oc2ncc(NC(=O)Nc3ccc(C(F)(F)F)cc3Cl)cn2)cc1. The molecule has 0 fully saturated rings. The van der Waals surface area contributed by atoms with Crippen molar-refractivity contribution in [3.63, 3.8) is 0 Å². The van der Waals surface area contributed by atoms with Crippen LogP contribution in [0.2, 0.25) is 5.02 Å². The first-order valence-corrected chi connectivity index (χ1v) is 10.4. The number of pyridine rings is 1. The number of nitrogens with zero attached hydrogens (tertiary/aromatic N) is 3. The summed E-state index contributed by atoms with van der Waals surface area (Å²) >= 11 is 5.83. The van der Waals surface area contributed by atoms with Gasteiger partial charge in [0.15, 0.2) is 0 Å². The Hall–Kier alpha value is -4.45. The Morgan fingerprint density at radius 3 is 2.28 bits per heavy atom. The molecule has 0 saturated heterocycles. The molecule has 184 valence electrons. The number of urea groups is 1. The fraction of sp³-hybridized carbons (Fsp3) is 0.0435. The summed E-state index contributed by atoms with van der Waals surface area (Å²) in [6.07, 6.45) is -0.992. The van der Waals surface area contributed by atoms with Gasteiger partial charge in [0.1, 0.15) is 17.4 Å². The molecule has 0 atom stereocenters. The Bertz CT molecular complexity index is 1400. The van der Waals surface area contributed by atoms with Crippen LogP contribution in [0, 0.1) is 5.82 Å². The maximum absolute atomic E-state index is 13.5. The summed E-state index contributed by atoms with van der Waals surface area (Å²) in [7, 11) is 0. The van der Waals surface area contributed by atoms with E-state index in [2.05, 4.69) is 25.6 Å². The monoisotopic (exact) mass is 518 g/mol. The number of ether oxygens (including phenoxy) is 1. The second-order valence-corrected chi connectivity index (χ2v) is 7.65. The maximum Gasteiger partial charge on any atom is 0.416 e. The molecule has 0 spiro atoms. The van der Waals surface area contributed by atoms with Crippen LogP contribution >= 0.6 is 11.6 Å². The van der Waals surface area contributed by atoms with Crippen LogP contribution in [-0.2, 0) is 6.18 Å². The van der Waals surface area contributed by atoms with Gasteiger partial charge in [0.05, 0.1) is 40.6 Å². The lowest BCUT2D eigenvalue weighted by Gasteiger charge is -2.12. The van der Waals surface area contributed by atoms with Gasteiger partial charge in [0.2, 0.25) is 0 Å². The molecule has 0 aliphatic carbocycles. The number of alkyl halides is 3. The zero-order chi connectivity index (χ0) is 25.9. The Kier molecular flexibility index (Phi) is 6.88. The third-order valence-electron chi connectivity index (χ3n) is 4.69. The fourth-order valence-electron chi connectivity index (χ4n) is 3.00. The van der Waals surface area contributed by atoms with E-state index < -0.39 is 23.6 Å². The molecular weight excluding hydrogens is 504 g/mol. The van der Waals surface area contributed by atoms with E-state index in [1.807, 2.05) is 0 Å². The predicted molar refractivity (Wildman–Crippen MR) is 125 cm³/mol. The van der Waals surface area contributed by atoms with Crippen molar-refractivity contribution in [2.24, 2.45) is 0 Å². The predicted octanol–water partition coefficient (Wildman–Crippen LogP) is 6.37. The summed E-state index contributed by atoms with van der Waals surface area (Å²) in [5.41, 5.74) is 6.10. The summed E-state index contributed by atoms with van der Waals surface area (Å²) in [6.45, 7) is 0. The summed E-state index contributed by atoms with van der Waals surface area (Å²) in [5.74, 6) is 0.0518. The van der Waals surface area contributed by atoms with Gasteiger partial charge in [-0.15, -0.1) is 0 Å². The van der Waals surface area contributed by atoms with Crippen molar-refractivity contribution in [2.45, 2.75) is 6.18 Å². The van der Waals surface area contributed by atoms with Gasteiger partial charge in [-0.1, -0.05) is 23.7 Å². The first-order chi connectivity index (χ1) is 17.1. The van der Waals surface area contributed by atoms with E-state index in [4.69, 9.17) is 22.1 Å². The quantitative estimate of drug-likeness (QED) is 0.264. The number of nitrogen functional groups attached to an aromatic ring is 1. The van der Waals surface area contributed by atoms with Crippen molar-refractivity contribution in [2.75, 3.05) is 16.4 Å². The molecule has 8 nitrogen and oxygen atoms in total. The second-order valence-electron chi connectivity index (χ2n) is 7.24. The number of carbonyl (C=O) groups is 1. The number of benzene rings is 2. The van der Waals surface area contributed by atoms with Crippen molar-refractivity contribution in [1.82, 2.24) is 15.0 Å².